The van der Waals surface area contributed by atoms with Gasteiger partial charge in [-0.3, -0.25) is 24.1 Å². The number of carbonyl (C=O) groups excluding carboxylic acids is 4. The monoisotopic (exact) mass is 509 g/mol. The first kappa shape index (κ1) is 24.1. The molecular weight excluding hydrogens is 482 g/mol. The third-order valence-electron chi connectivity index (χ3n) is 8.38. The molecule has 4 atom stereocenters. The van der Waals surface area contributed by atoms with E-state index >= 15 is 0 Å². The number of imide groups is 1. The molecule has 1 fully saturated rings. The Morgan fingerprint density at radius 2 is 1.76 bits per heavy atom. The molecule has 2 amide bonds. The quantitative estimate of drug-likeness (QED) is 0.380. The Labute approximate surface area is 220 Å². The fraction of sp³-hybridized carbons (Fsp3) is 0.290. The molecule has 2 aromatic carbocycles. The van der Waals surface area contributed by atoms with Gasteiger partial charge < -0.3 is 9.84 Å². The van der Waals surface area contributed by atoms with Crippen molar-refractivity contribution >= 4 is 23.4 Å². The summed E-state index contributed by atoms with van der Waals surface area (Å²) < 4.78 is 5.20. The predicted molar refractivity (Wildman–Crippen MR) is 138 cm³/mol. The van der Waals surface area contributed by atoms with E-state index in [2.05, 4.69) is 0 Å². The first-order chi connectivity index (χ1) is 18.3. The number of rotatable bonds is 4. The molecule has 1 heterocycles. The maximum absolute atomic E-state index is 13.8. The number of nitrogens with zero attached hydrogens (tertiary/aromatic N) is 1. The van der Waals surface area contributed by atoms with Gasteiger partial charge in [0.05, 0.1) is 25.5 Å². The number of allylic oxidation sites excluding steroid dienone is 6. The molecule has 0 radical (unpaired) electrons. The minimum absolute atomic E-state index is 0.0773. The number of carbonyl (C=O) groups is 4. The van der Waals surface area contributed by atoms with Crippen molar-refractivity contribution < 1.29 is 29.0 Å². The second-order valence-electron chi connectivity index (χ2n) is 10.4. The lowest BCUT2D eigenvalue weighted by atomic mass is 9.59. The number of fused-ring (bicyclic) bond motifs is 3. The molecule has 1 N–H and O–H groups in total. The standard InChI is InChI=1S/C31H27NO6/c1-16-12-23(33)22-14-21-19(26(28(22)29(16)35)18-8-11-25(38-2)24(34)13-18)9-10-20-27(21)31(37)32(30(20)36)15-17-6-4-3-5-7-17/h3-9,11-13,20-21,26-27,34H,10,14-15H2,1-2H3. The predicted octanol–water partition coefficient (Wildman–Crippen LogP) is 4.03. The summed E-state index contributed by atoms with van der Waals surface area (Å²) in [6.45, 7) is 1.83. The van der Waals surface area contributed by atoms with Gasteiger partial charge in [-0.15, -0.1) is 0 Å². The van der Waals surface area contributed by atoms with E-state index in [9.17, 15) is 24.3 Å². The summed E-state index contributed by atoms with van der Waals surface area (Å²) in [6.07, 6.45) is 3.95. The van der Waals surface area contributed by atoms with Crippen LogP contribution in [0.2, 0.25) is 0 Å². The number of ether oxygens (including phenoxy) is 1. The molecule has 7 nitrogen and oxygen atoms in total. The van der Waals surface area contributed by atoms with E-state index in [0.29, 0.717) is 34.5 Å². The normalized spacial score (nSPS) is 26.5. The van der Waals surface area contributed by atoms with Crippen molar-refractivity contribution in [2.75, 3.05) is 7.11 Å². The highest BCUT2D eigenvalue weighted by Gasteiger charge is 2.56. The number of amides is 2. The fourth-order valence-corrected chi connectivity index (χ4v) is 6.61. The molecular formula is C31H27NO6. The van der Waals surface area contributed by atoms with Crippen LogP contribution in [-0.2, 0) is 25.7 Å². The largest absolute Gasteiger partial charge is 0.504 e. The Morgan fingerprint density at radius 3 is 2.47 bits per heavy atom. The topological polar surface area (TPSA) is 101 Å². The van der Waals surface area contributed by atoms with Crippen LogP contribution in [0.4, 0.5) is 0 Å². The molecule has 0 saturated carbocycles. The Kier molecular flexibility index (Phi) is 5.67. The third kappa shape index (κ3) is 3.56. The van der Waals surface area contributed by atoms with Gasteiger partial charge in [0.15, 0.2) is 23.1 Å². The summed E-state index contributed by atoms with van der Waals surface area (Å²) >= 11 is 0. The second-order valence-corrected chi connectivity index (χ2v) is 10.4. The van der Waals surface area contributed by atoms with Crippen molar-refractivity contribution in [1.82, 2.24) is 4.90 Å². The maximum atomic E-state index is 13.8. The zero-order chi connectivity index (χ0) is 26.7. The average molecular weight is 510 g/mol. The Morgan fingerprint density at radius 1 is 1.00 bits per heavy atom. The van der Waals surface area contributed by atoms with Crippen molar-refractivity contribution in [3.63, 3.8) is 0 Å². The lowest BCUT2D eigenvalue weighted by Crippen LogP contribution is -2.39. The van der Waals surface area contributed by atoms with Crippen molar-refractivity contribution in [3.05, 3.63) is 94.1 Å². The van der Waals surface area contributed by atoms with E-state index in [1.807, 2.05) is 36.4 Å². The molecule has 0 spiro atoms. The van der Waals surface area contributed by atoms with Gasteiger partial charge >= 0.3 is 0 Å². The SMILES string of the molecule is COc1ccc(C2C3=CCC4C(=O)N(Cc5ccccc5)C(=O)C4C3CC3=C2C(=O)C(C)=CC3=O)cc1O. The summed E-state index contributed by atoms with van der Waals surface area (Å²) in [5.41, 5.74) is 3.52. The molecule has 4 aliphatic rings. The van der Waals surface area contributed by atoms with E-state index in [4.69, 9.17) is 4.74 Å². The number of likely N-dealkylation sites (tertiary alicyclic amines) is 1. The Balaban J connectivity index is 1.45. The molecule has 192 valence electrons. The van der Waals surface area contributed by atoms with Crippen LogP contribution in [0.1, 0.15) is 36.8 Å². The van der Waals surface area contributed by atoms with E-state index in [-0.39, 0.29) is 42.1 Å². The molecule has 7 heteroatoms. The Hall–Kier alpha value is -4.26. The van der Waals surface area contributed by atoms with Crippen LogP contribution in [0.3, 0.4) is 0 Å². The van der Waals surface area contributed by atoms with Crippen LogP contribution in [0.25, 0.3) is 0 Å². The molecule has 38 heavy (non-hydrogen) atoms. The van der Waals surface area contributed by atoms with Gasteiger partial charge in [0.2, 0.25) is 11.8 Å². The van der Waals surface area contributed by atoms with Gasteiger partial charge in [0.1, 0.15) is 0 Å². The number of benzene rings is 2. The van der Waals surface area contributed by atoms with Crippen molar-refractivity contribution in [2.24, 2.45) is 17.8 Å². The van der Waals surface area contributed by atoms with Gasteiger partial charge in [0.25, 0.3) is 0 Å². The number of methoxy groups -OCH3 is 1. The minimum atomic E-state index is -0.607. The van der Waals surface area contributed by atoms with Crippen molar-refractivity contribution in [3.8, 4) is 11.5 Å². The van der Waals surface area contributed by atoms with Gasteiger partial charge in [-0.2, -0.15) is 0 Å². The van der Waals surface area contributed by atoms with E-state index < -0.39 is 23.7 Å². The number of phenols is 1. The van der Waals surface area contributed by atoms with Crippen LogP contribution in [-0.4, -0.2) is 40.5 Å². The van der Waals surface area contributed by atoms with Crippen LogP contribution < -0.4 is 4.74 Å². The highest BCUT2D eigenvalue weighted by molar-refractivity contribution is 6.23. The van der Waals surface area contributed by atoms with Crippen molar-refractivity contribution in [1.29, 1.82) is 0 Å². The molecule has 0 aromatic heterocycles. The fourth-order valence-electron chi connectivity index (χ4n) is 6.61. The zero-order valence-corrected chi connectivity index (χ0v) is 21.1. The van der Waals surface area contributed by atoms with Crippen LogP contribution in [0.5, 0.6) is 11.5 Å². The van der Waals surface area contributed by atoms with E-state index in [0.717, 1.165) is 11.1 Å². The highest BCUT2D eigenvalue weighted by Crippen LogP contribution is 2.55. The van der Waals surface area contributed by atoms with Crippen LogP contribution >= 0.6 is 0 Å². The summed E-state index contributed by atoms with van der Waals surface area (Å²) in [4.78, 5) is 55.2. The smallest absolute Gasteiger partial charge is 0.234 e. The van der Waals surface area contributed by atoms with Gasteiger partial charge in [-0.05, 0) is 55.0 Å². The van der Waals surface area contributed by atoms with E-state index in [1.165, 1.54) is 18.1 Å². The van der Waals surface area contributed by atoms with Gasteiger partial charge in [-0.1, -0.05) is 48.0 Å². The van der Waals surface area contributed by atoms with Crippen molar-refractivity contribution in [2.45, 2.75) is 32.2 Å². The number of hydrogen-bond acceptors (Lipinski definition) is 6. The summed E-state index contributed by atoms with van der Waals surface area (Å²) in [5, 5.41) is 10.6. The van der Waals surface area contributed by atoms with Gasteiger partial charge in [-0.25, -0.2) is 0 Å². The lowest BCUT2D eigenvalue weighted by Gasteiger charge is -2.42. The molecule has 2 aromatic rings. The molecule has 1 saturated heterocycles. The van der Waals surface area contributed by atoms with Gasteiger partial charge in [0, 0.05) is 22.6 Å². The number of aromatic hydroxyl groups is 1. The maximum Gasteiger partial charge on any atom is 0.234 e. The summed E-state index contributed by atoms with van der Waals surface area (Å²) in [5.74, 6) is -2.77. The first-order valence-electron chi connectivity index (χ1n) is 12.8. The number of phenolic OH excluding ortho intramolecular Hbond substituents is 1. The minimum Gasteiger partial charge on any atom is -0.504 e. The average Bonchev–Trinajstić information content (AvgIpc) is 3.16. The molecule has 0 bridgehead atoms. The Bertz CT molecular complexity index is 1500. The molecule has 3 aliphatic carbocycles. The third-order valence-corrected chi connectivity index (χ3v) is 8.38. The summed E-state index contributed by atoms with van der Waals surface area (Å²) in [6, 6.07) is 14.4. The molecule has 1 aliphatic heterocycles. The highest BCUT2D eigenvalue weighted by atomic mass is 16.5. The summed E-state index contributed by atoms with van der Waals surface area (Å²) in [7, 11) is 1.46. The molecule has 4 unspecified atom stereocenters. The van der Waals surface area contributed by atoms with Crippen LogP contribution in [0, 0.1) is 17.8 Å². The van der Waals surface area contributed by atoms with Crippen LogP contribution in [0.15, 0.2) is 83.0 Å². The second kappa shape index (κ2) is 8.94. The first-order valence-corrected chi connectivity index (χ1v) is 12.8. The zero-order valence-electron chi connectivity index (χ0n) is 21.1. The number of ketones is 2. The van der Waals surface area contributed by atoms with E-state index in [1.54, 1.807) is 25.1 Å². The number of hydrogen-bond donors (Lipinski definition) is 1. The lowest BCUT2D eigenvalue weighted by molar-refractivity contribution is -0.140. The molecule has 6 rings (SSSR count). The number of Topliss-reactive ketones (excluding diaryl/α,β-unsaturated/α-hetero) is 1.